The normalized spacial score (nSPS) is 36.5. The first-order chi connectivity index (χ1) is 11.2. The summed E-state index contributed by atoms with van der Waals surface area (Å²) in [6.07, 6.45) is 5.66. The first kappa shape index (κ1) is 13.8. The van der Waals surface area contributed by atoms with Gasteiger partial charge in [0.2, 0.25) is 0 Å². The highest BCUT2D eigenvalue weighted by molar-refractivity contribution is 5.85. The average molecular weight is 308 g/mol. The lowest BCUT2D eigenvalue weighted by Crippen LogP contribution is -2.57. The van der Waals surface area contributed by atoms with Crippen molar-refractivity contribution < 1.29 is 4.74 Å². The Hall–Kier alpha value is -1.58. The van der Waals surface area contributed by atoms with Crippen LogP contribution in [-0.2, 0) is 11.2 Å². The quantitative estimate of drug-likeness (QED) is 0.806. The molecule has 1 aromatic carbocycles. The van der Waals surface area contributed by atoms with Crippen LogP contribution in [0.2, 0.25) is 0 Å². The van der Waals surface area contributed by atoms with Crippen molar-refractivity contribution in [2.75, 3.05) is 13.2 Å². The number of ether oxygens (including phenoxy) is 1. The molecule has 0 radical (unpaired) electrons. The molecule has 2 saturated heterocycles. The van der Waals surface area contributed by atoms with Crippen LogP contribution in [-0.4, -0.2) is 28.8 Å². The van der Waals surface area contributed by atoms with Gasteiger partial charge in [-0.3, -0.25) is 4.90 Å². The predicted octanol–water partition coefficient (Wildman–Crippen LogP) is 4.03. The van der Waals surface area contributed by atoms with Crippen molar-refractivity contribution in [2.24, 2.45) is 11.8 Å². The zero-order valence-electron chi connectivity index (χ0n) is 13.7. The molecule has 0 bridgehead atoms. The smallest absolute Gasteiger partial charge is 0.122 e. The Bertz CT molecular complexity index is 779. The third-order valence-electron chi connectivity index (χ3n) is 6.56. The summed E-state index contributed by atoms with van der Waals surface area (Å²) in [6, 6.07) is 9.19. The summed E-state index contributed by atoms with van der Waals surface area (Å²) in [5.74, 6) is 1.09. The van der Waals surface area contributed by atoms with E-state index >= 15 is 0 Å². The molecule has 1 N–H and O–H groups in total. The molecule has 5 rings (SSSR count). The topological polar surface area (TPSA) is 28.3 Å². The fraction of sp³-hybridized carbons (Fsp3) is 0.500. The van der Waals surface area contributed by atoms with Gasteiger partial charge >= 0.3 is 0 Å². The van der Waals surface area contributed by atoms with Gasteiger partial charge in [-0.25, -0.2) is 0 Å². The van der Waals surface area contributed by atoms with Crippen molar-refractivity contribution in [1.82, 2.24) is 9.88 Å². The zero-order chi connectivity index (χ0) is 15.6. The number of fused-ring (bicyclic) bond motifs is 7. The number of hydrogen-bond donors (Lipinski definition) is 1. The van der Waals surface area contributed by atoms with E-state index < -0.39 is 0 Å². The van der Waals surface area contributed by atoms with Gasteiger partial charge in [-0.15, -0.1) is 6.58 Å². The number of rotatable bonds is 1. The lowest BCUT2D eigenvalue weighted by Gasteiger charge is -2.52. The van der Waals surface area contributed by atoms with E-state index in [0.29, 0.717) is 17.9 Å². The molecular weight excluding hydrogens is 284 g/mol. The van der Waals surface area contributed by atoms with Gasteiger partial charge in [-0.05, 0) is 37.8 Å². The molecule has 2 aromatic rings. The summed E-state index contributed by atoms with van der Waals surface area (Å²) in [4.78, 5) is 6.35. The van der Waals surface area contributed by atoms with Crippen LogP contribution in [0.5, 0.6) is 0 Å². The Labute approximate surface area is 137 Å². The monoisotopic (exact) mass is 308 g/mol. The highest BCUT2D eigenvalue weighted by Crippen LogP contribution is 2.53. The van der Waals surface area contributed by atoms with Crippen molar-refractivity contribution >= 4 is 10.9 Å². The van der Waals surface area contributed by atoms with Crippen LogP contribution < -0.4 is 0 Å². The van der Waals surface area contributed by atoms with Gasteiger partial charge in [0.05, 0.1) is 12.6 Å². The van der Waals surface area contributed by atoms with Crippen LogP contribution >= 0.6 is 0 Å². The molecule has 3 nitrogen and oxygen atoms in total. The second kappa shape index (κ2) is 4.71. The number of nitrogens with one attached hydrogen (secondary N) is 1. The minimum atomic E-state index is -0.128. The number of benzene rings is 1. The van der Waals surface area contributed by atoms with Crippen molar-refractivity contribution in [2.45, 2.75) is 38.0 Å². The minimum Gasteiger partial charge on any atom is -0.360 e. The van der Waals surface area contributed by atoms with E-state index in [9.17, 15) is 0 Å². The molecule has 4 atom stereocenters. The van der Waals surface area contributed by atoms with E-state index in [1.807, 2.05) is 0 Å². The maximum Gasteiger partial charge on any atom is 0.122 e. The molecule has 0 saturated carbocycles. The molecule has 0 amide bonds. The number of aromatic nitrogens is 1. The van der Waals surface area contributed by atoms with Gasteiger partial charge < -0.3 is 9.72 Å². The average Bonchev–Trinajstić information content (AvgIpc) is 3.12. The van der Waals surface area contributed by atoms with E-state index in [2.05, 4.69) is 53.7 Å². The summed E-state index contributed by atoms with van der Waals surface area (Å²) in [6.45, 7) is 8.26. The van der Waals surface area contributed by atoms with Crippen molar-refractivity contribution in [3.63, 3.8) is 0 Å². The zero-order valence-corrected chi connectivity index (χ0v) is 13.7. The molecule has 23 heavy (non-hydrogen) atoms. The Morgan fingerprint density at radius 3 is 3.09 bits per heavy atom. The van der Waals surface area contributed by atoms with E-state index in [-0.39, 0.29) is 5.72 Å². The Morgan fingerprint density at radius 2 is 2.22 bits per heavy atom. The fourth-order valence-electron chi connectivity index (χ4n) is 5.38. The molecule has 0 unspecified atom stereocenters. The highest BCUT2D eigenvalue weighted by atomic mass is 16.5. The molecule has 1 aromatic heterocycles. The Kier molecular flexibility index (Phi) is 2.83. The number of para-hydroxylation sites is 1. The largest absolute Gasteiger partial charge is 0.360 e. The number of aromatic amines is 1. The standard InChI is InChI=1S/C20H24N2O/c1-3-13-12-23-20(2)16(13)8-9-18-19-15(10-11-22(18)20)14-6-4-5-7-17(14)21-19/h3-7,13,16,18,21H,1,8-12H2,2H3/t13-,16-,18+,20+/m1/s1. The second-order valence-corrected chi connectivity index (χ2v) is 7.47. The maximum absolute atomic E-state index is 6.35. The molecule has 0 aliphatic carbocycles. The molecule has 3 aliphatic rings. The second-order valence-electron chi connectivity index (χ2n) is 7.47. The first-order valence-corrected chi connectivity index (χ1v) is 8.85. The van der Waals surface area contributed by atoms with Crippen LogP contribution in [0.25, 0.3) is 10.9 Å². The third-order valence-corrected chi connectivity index (χ3v) is 6.56. The summed E-state index contributed by atoms with van der Waals surface area (Å²) in [5, 5.41) is 1.41. The molecule has 0 spiro atoms. The minimum absolute atomic E-state index is 0.128. The Balaban J connectivity index is 1.59. The summed E-state index contributed by atoms with van der Waals surface area (Å²) in [7, 11) is 0. The third kappa shape index (κ3) is 1.72. The number of piperidine rings is 1. The number of hydrogen-bond acceptors (Lipinski definition) is 2. The fourth-order valence-corrected chi connectivity index (χ4v) is 5.38. The number of nitrogens with zero attached hydrogens (tertiary/aromatic N) is 1. The van der Waals surface area contributed by atoms with Crippen LogP contribution in [0, 0.1) is 11.8 Å². The number of H-pyrrole nitrogens is 1. The van der Waals surface area contributed by atoms with Crippen LogP contribution in [0.1, 0.15) is 37.1 Å². The van der Waals surface area contributed by atoms with Gasteiger partial charge in [0.15, 0.2) is 0 Å². The molecular formula is C20H24N2O. The van der Waals surface area contributed by atoms with Gasteiger partial charge in [0.25, 0.3) is 0 Å². The van der Waals surface area contributed by atoms with Gasteiger partial charge in [0.1, 0.15) is 5.72 Å². The molecule has 3 aliphatic heterocycles. The van der Waals surface area contributed by atoms with E-state index in [4.69, 9.17) is 4.74 Å². The first-order valence-electron chi connectivity index (χ1n) is 8.85. The van der Waals surface area contributed by atoms with Crippen LogP contribution in [0.3, 0.4) is 0 Å². The lowest BCUT2D eigenvalue weighted by molar-refractivity contribution is -0.176. The van der Waals surface area contributed by atoms with Crippen molar-refractivity contribution in [3.05, 3.63) is 48.2 Å². The summed E-state index contributed by atoms with van der Waals surface area (Å²) >= 11 is 0. The maximum atomic E-state index is 6.35. The van der Waals surface area contributed by atoms with Crippen molar-refractivity contribution in [1.29, 1.82) is 0 Å². The Morgan fingerprint density at radius 1 is 1.35 bits per heavy atom. The van der Waals surface area contributed by atoms with Crippen LogP contribution in [0.15, 0.2) is 36.9 Å². The predicted molar refractivity (Wildman–Crippen MR) is 92.2 cm³/mol. The van der Waals surface area contributed by atoms with E-state index in [1.54, 1.807) is 0 Å². The summed E-state index contributed by atoms with van der Waals surface area (Å²) in [5.41, 5.74) is 4.12. The lowest BCUT2D eigenvalue weighted by atomic mass is 9.75. The molecule has 3 heteroatoms. The summed E-state index contributed by atoms with van der Waals surface area (Å²) < 4.78 is 6.35. The molecule has 4 heterocycles. The van der Waals surface area contributed by atoms with Gasteiger partial charge in [-0.1, -0.05) is 24.3 Å². The van der Waals surface area contributed by atoms with Crippen LogP contribution in [0.4, 0.5) is 0 Å². The van der Waals surface area contributed by atoms with Gasteiger partial charge in [-0.2, -0.15) is 0 Å². The molecule has 2 fully saturated rings. The van der Waals surface area contributed by atoms with E-state index in [0.717, 1.165) is 19.6 Å². The van der Waals surface area contributed by atoms with E-state index in [1.165, 1.54) is 35.0 Å². The van der Waals surface area contributed by atoms with Gasteiger partial charge in [0, 0.05) is 35.0 Å². The molecule has 120 valence electrons. The SMILES string of the molecule is C=C[C@@H]1CO[C@@]2(C)[C@@H]1CC[C@H]1c3[nH]c4ccccc4c3CCN12. The highest BCUT2D eigenvalue weighted by Gasteiger charge is 2.55. The van der Waals surface area contributed by atoms with Crippen molar-refractivity contribution in [3.8, 4) is 0 Å².